The summed E-state index contributed by atoms with van der Waals surface area (Å²) in [5, 5.41) is 13.8. The molecule has 4 rings (SSSR count). The van der Waals surface area contributed by atoms with Gasteiger partial charge in [-0.15, -0.1) is 10.2 Å². The largest absolute Gasteiger partial charge is 0.338 e. The Kier molecular flexibility index (Phi) is 4.68. The van der Waals surface area contributed by atoms with Crippen LogP contribution in [0, 0.1) is 0 Å². The number of pyridine rings is 1. The maximum absolute atomic E-state index is 6.17. The molecule has 3 heterocycles. The molecular weight excluding hydrogens is 372 g/mol. The highest BCUT2D eigenvalue weighted by Crippen LogP contribution is 2.27. The Bertz CT molecular complexity index is 1030. The summed E-state index contributed by atoms with van der Waals surface area (Å²) in [6.07, 6.45) is 3.46. The molecule has 0 amide bonds. The standard InChI is InChI=1S/C17H13ClN6OS/c1-24-16(11-6-8-19-9-7-11)21-22-17(24)26-10-14-20-15(23-25-14)12-4-2-3-5-13(12)18/h2-9H,10H2,1H3. The summed E-state index contributed by atoms with van der Waals surface area (Å²) in [6.45, 7) is 0. The molecule has 0 aliphatic rings. The Labute approximate surface area is 158 Å². The highest BCUT2D eigenvalue weighted by Gasteiger charge is 2.15. The van der Waals surface area contributed by atoms with Gasteiger partial charge in [-0.3, -0.25) is 4.98 Å². The average molecular weight is 385 g/mol. The van der Waals surface area contributed by atoms with Gasteiger partial charge in [-0.2, -0.15) is 4.98 Å². The van der Waals surface area contributed by atoms with Crippen LogP contribution in [0.25, 0.3) is 22.8 Å². The molecule has 0 aliphatic heterocycles. The van der Waals surface area contributed by atoms with Gasteiger partial charge < -0.3 is 9.09 Å². The number of nitrogens with zero attached hydrogens (tertiary/aromatic N) is 6. The minimum Gasteiger partial charge on any atom is -0.338 e. The van der Waals surface area contributed by atoms with Crippen LogP contribution in [0.5, 0.6) is 0 Å². The zero-order valence-corrected chi connectivity index (χ0v) is 15.3. The van der Waals surface area contributed by atoms with Crippen LogP contribution in [0.2, 0.25) is 5.02 Å². The van der Waals surface area contributed by atoms with Crippen molar-refractivity contribution in [3.8, 4) is 22.8 Å². The van der Waals surface area contributed by atoms with Gasteiger partial charge in [0.05, 0.1) is 10.8 Å². The van der Waals surface area contributed by atoms with Crippen molar-refractivity contribution in [3.63, 3.8) is 0 Å². The molecule has 0 aliphatic carbocycles. The van der Waals surface area contributed by atoms with E-state index >= 15 is 0 Å². The molecule has 7 nitrogen and oxygen atoms in total. The van der Waals surface area contributed by atoms with Gasteiger partial charge >= 0.3 is 0 Å². The fourth-order valence-electron chi connectivity index (χ4n) is 2.38. The molecule has 9 heteroatoms. The monoisotopic (exact) mass is 384 g/mol. The van der Waals surface area contributed by atoms with Gasteiger partial charge in [0.2, 0.25) is 11.7 Å². The molecule has 0 bridgehead atoms. The average Bonchev–Trinajstić information content (AvgIpc) is 3.28. The first-order valence-electron chi connectivity index (χ1n) is 7.72. The molecule has 4 aromatic rings. The van der Waals surface area contributed by atoms with E-state index in [1.807, 2.05) is 41.9 Å². The van der Waals surface area contributed by atoms with Crippen LogP contribution < -0.4 is 0 Å². The van der Waals surface area contributed by atoms with Crippen LogP contribution >= 0.6 is 23.4 Å². The van der Waals surface area contributed by atoms with Gasteiger partial charge in [-0.25, -0.2) is 0 Å². The maximum atomic E-state index is 6.17. The molecule has 130 valence electrons. The third kappa shape index (κ3) is 3.33. The van der Waals surface area contributed by atoms with E-state index in [1.54, 1.807) is 18.5 Å². The Balaban J connectivity index is 1.49. The van der Waals surface area contributed by atoms with E-state index in [0.717, 1.165) is 22.1 Å². The van der Waals surface area contributed by atoms with Crippen molar-refractivity contribution in [2.24, 2.45) is 7.05 Å². The van der Waals surface area contributed by atoms with E-state index in [-0.39, 0.29) is 0 Å². The number of benzene rings is 1. The van der Waals surface area contributed by atoms with E-state index < -0.39 is 0 Å². The number of halogens is 1. The molecular formula is C17H13ClN6OS. The van der Waals surface area contributed by atoms with Crippen LogP contribution in [0.1, 0.15) is 5.89 Å². The molecule has 0 atom stereocenters. The molecule has 0 fully saturated rings. The minimum absolute atomic E-state index is 0.474. The van der Waals surface area contributed by atoms with E-state index in [0.29, 0.717) is 22.5 Å². The van der Waals surface area contributed by atoms with Crippen molar-refractivity contribution in [1.82, 2.24) is 29.9 Å². The van der Waals surface area contributed by atoms with Gasteiger partial charge in [0, 0.05) is 30.6 Å². The first-order valence-corrected chi connectivity index (χ1v) is 9.09. The quantitative estimate of drug-likeness (QED) is 0.483. The zero-order valence-electron chi connectivity index (χ0n) is 13.7. The highest BCUT2D eigenvalue weighted by molar-refractivity contribution is 7.98. The molecule has 0 saturated heterocycles. The van der Waals surface area contributed by atoms with Crippen molar-refractivity contribution >= 4 is 23.4 Å². The van der Waals surface area contributed by atoms with E-state index in [4.69, 9.17) is 16.1 Å². The molecule has 1 aromatic carbocycles. The van der Waals surface area contributed by atoms with Crippen LogP contribution in [0.3, 0.4) is 0 Å². The molecule has 0 radical (unpaired) electrons. The fourth-order valence-corrected chi connectivity index (χ4v) is 3.35. The fraction of sp³-hybridized carbons (Fsp3) is 0.118. The maximum Gasteiger partial charge on any atom is 0.237 e. The van der Waals surface area contributed by atoms with Crippen molar-refractivity contribution < 1.29 is 4.52 Å². The number of aromatic nitrogens is 6. The topological polar surface area (TPSA) is 82.5 Å². The zero-order chi connectivity index (χ0) is 17.9. The Hall–Kier alpha value is -2.71. The van der Waals surface area contributed by atoms with Gasteiger partial charge in [-0.05, 0) is 24.3 Å². The minimum atomic E-state index is 0.474. The Morgan fingerprint density at radius 3 is 2.73 bits per heavy atom. The first-order chi connectivity index (χ1) is 12.7. The number of thioether (sulfide) groups is 1. The molecule has 3 aromatic heterocycles. The van der Waals surface area contributed by atoms with Gasteiger partial charge in [0.25, 0.3) is 0 Å². The molecule has 26 heavy (non-hydrogen) atoms. The summed E-state index contributed by atoms with van der Waals surface area (Å²) in [6, 6.07) is 11.2. The highest BCUT2D eigenvalue weighted by atomic mass is 35.5. The number of hydrogen-bond donors (Lipinski definition) is 0. The van der Waals surface area contributed by atoms with E-state index in [1.165, 1.54) is 11.8 Å². The summed E-state index contributed by atoms with van der Waals surface area (Å²) in [5.74, 6) is 2.23. The summed E-state index contributed by atoms with van der Waals surface area (Å²) < 4.78 is 7.24. The second-order valence-electron chi connectivity index (χ2n) is 5.38. The lowest BCUT2D eigenvalue weighted by Gasteiger charge is -2.02. The normalized spacial score (nSPS) is 11.0. The van der Waals surface area contributed by atoms with Crippen molar-refractivity contribution in [2.45, 2.75) is 10.9 Å². The number of hydrogen-bond acceptors (Lipinski definition) is 7. The second-order valence-corrected chi connectivity index (χ2v) is 6.73. The van der Waals surface area contributed by atoms with Crippen LogP contribution in [0.15, 0.2) is 58.5 Å². The molecule has 0 unspecified atom stereocenters. The van der Waals surface area contributed by atoms with Crippen molar-refractivity contribution in [2.75, 3.05) is 0 Å². The van der Waals surface area contributed by atoms with Gasteiger partial charge in [-0.1, -0.05) is 40.7 Å². The van der Waals surface area contributed by atoms with Crippen LogP contribution in [0.4, 0.5) is 0 Å². The van der Waals surface area contributed by atoms with E-state index in [2.05, 4.69) is 25.3 Å². The molecule has 0 spiro atoms. The summed E-state index contributed by atoms with van der Waals surface area (Å²) in [7, 11) is 1.92. The van der Waals surface area contributed by atoms with Crippen LogP contribution in [-0.4, -0.2) is 29.9 Å². The lowest BCUT2D eigenvalue weighted by Crippen LogP contribution is -1.95. The summed E-state index contributed by atoms with van der Waals surface area (Å²) in [5.41, 5.74) is 1.70. The Morgan fingerprint density at radius 2 is 1.92 bits per heavy atom. The van der Waals surface area contributed by atoms with Crippen LogP contribution in [-0.2, 0) is 12.8 Å². The second kappa shape index (κ2) is 7.27. The predicted octanol–water partition coefficient (Wildman–Crippen LogP) is 3.87. The summed E-state index contributed by atoms with van der Waals surface area (Å²) in [4.78, 5) is 8.42. The molecule has 0 N–H and O–H groups in total. The summed E-state index contributed by atoms with van der Waals surface area (Å²) >= 11 is 7.64. The van der Waals surface area contributed by atoms with Gasteiger partial charge in [0.1, 0.15) is 0 Å². The third-order valence-electron chi connectivity index (χ3n) is 3.68. The first kappa shape index (κ1) is 16.7. The predicted molar refractivity (Wildman–Crippen MR) is 98.5 cm³/mol. The van der Waals surface area contributed by atoms with Gasteiger partial charge in [0.15, 0.2) is 11.0 Å². The number of rotatable bonds is 5. The Morgan fingerprint density at radius 1 is 1.12 bits per heavy atom. The third-order valence-corrected chi connectivity index (χ3v) is 5.02. The molecule has 0 saturated carbocycles. The van der Waals surface area contributed by atoms with Crippen molar-refractivity contribution in [3.05, 3.63) is 59.7 Å². The lowest BCUT2D eigenvalue weighted by molar-refractivity contribution is 0.391. The van der Waals surface area contributed by atoms with Crippen molar-refractivity contribution in [1.29, 1.82) is 0 Å². The lowest BCUT2D eigenvalue weighted by atomic mass is 10.2. The SMILES string of the molecule is Cn1c(SCc2nc(-c3ccccc3Cl)no2)nnc1-c1ccncc1. The van der Waals surface area contributed by atoms with E-state index in [9.17, 15) is 0 Å². The smallest absolute Gasteiger partial charge is 0.237 e.